The molecule has 0 aromatic heterocycles. The van der Waals surface area contributed by atoms with Crippen molar-refractivity contribution in [1.29, 1.82) is 0 Å². The summed E-state index contributed by atoms with van der Waals surface area (Å²) in [6.07, 6.45) is 21.1. The van der Waals surface area contributed by atoms with Crippen LogP contribution in [-0.2, 0) is 0 Å². The van der Waals surface area contributed by atoms with E-state index in [0.717, 1.165) is 24.7 Å². The van der Waals surface area contributed by atoms with E-state index in [-0.39, 0.29) is 0 Å². The SMILES string of the molecule is CCCCCCC(CCC)C(CC1=CCCCC1)c1ccc(OCCCC)cc1. The Hall–Kier alpha value is -1.24. The second kappa shape index (κ2) is 14.7. The van der Waals surface area contributed by atoms with Crippen molar-refractivity contribution in [2.24, 2.45) is 5.92 Å². The molecule has 164 valence electrons. The van der Waals surface area contributed by atoms with Crippen LogP contribution in [0.25, 0.3) is 0 Å². The average molecular weight is 399 g/mol. The Balaban J connectivity index is 2.12. The van der Waals surface area contributed by atoms with Crippen molar-refractivity contribution in [3.63, 3.8) is 0 Å². The third-order valence-electron chi connectivity index (χ3n) is 6.60. The van der Waals surface area contributed by atoms with Gasteiger partial charge >= 0.3 is 0 Å². The van der Waals surface area contributed by atoms with Crippen LogP contribution in [0.1, 0.15) is 122 Å². The molecule has 2 rings (SSSR count). The third kappa shape index (κ3) is 8.97. The second-order valence-corrected chi connectivity index (χ2v) is 9.09. The predicted octanol–water partition coefficient (Wildman–Crippen LogP) is 9.23. The summed E-state index contributed by atoms with van der Waals surface area (Å²) in [5.41, 5.74) is 3.26. The molecular weight excluding hydrogens is 352 g/mol. The maximum absolute atomic E-state index is 5.92. The Morgan fingerprint density at radius 2 is 1.62 bits per heavy atom. The normalized spacial score (nSPS) is 16.3. The first-order valence-corrected chi connectivity index (χ1v) is 12.7. The summed E-state index contributed by atoms with van der Waals surface area (Å²) in [7, 11) is 0. The minimum atomic E-state index is 0.672. The molecule has 0 bridgehead atoms. The number of unbranched alkanes of at least 4 members (excludes halogenated alkanes) is 4. The molecule has 0 heterocycles. The van der Waals surface area contributed by atoms with Crippen LogP contribution in [0.4, 0.5) is 0 Å². The van der Waals surface area contributed by atoms with E-state index < -0.39 is 0 Å². The van der Waals surface area contributed by atoms with Crippen LogP contribution in [0, 0.1) is 5.92 Å². The van der Waals surface area contributed by atoms with E-state index in [1.165, 1.54) is 89.0 Å². The van der Waals surface area contributed by atoms with E-state index in [1.807, 2.05) is 0 Å². The molecule has 1 nitrogen and oxygen atoms in total. The lowest BCUT2D eigenvalue weighted by Gasteiger charge is -2.30. The fourth-order valence-electron chi connectivity index (χ4n) is 4.83. The number of hydrogen-bond donors (Lipinski definition) is 0. The van der Waals surface area contributed by atoms with E-state index in [9.17, 15) is 0 Å². The van der Waals surface area contributed by atoms with E-state index in [0.29, 0.717) is 5.92 Å². The molecule has 0 saturated heterocycles. The first-order chi connectivity index (χ1) is 14.3. The number of ether oxygens (including phenoxy) is 1. The fraction of sp³-hybridized carbons (Fsp3) is 0.714. The van der Waals surface area contributed by atoms with Gasteiger partial charge in [0.15, 0.2) is 0 Å². The van der Waals surface area contributed by atoms with Crippen LogP contribution in [0.2, 0.25) is 0 Å². The molecular formula is C28H46O. The molecule has 0 aliphatic heterocycles. The summed E-state index contributed by atoms with van der Waals surface area (Å²) in [5.74, 6) is 2.52. The molecule has 1 aromatic carbocycles. The van der Waals surface area contributed by atoms with Crippen LogP contribution in [0.5, 0.6) is 5.75 Å². The monoisotopic (exact) mass is 398 g/mol. The highest BCUT2D eigenvalue weighted by Crippen LogP contribution is 2.39. The molecule has 1 aliphatic rings. The topological polar surface area (TPSA) is 9.23 Å². The van der Waals surface area contributed by atoms with Gasteiger partial charge in [-0.15, -0.1) is 0 Å². The first kappa shape index (κ1) is 24.0. The highest BCUT2D eigenvalue weighted by atomic mass is 16.5. The standard InChI is InChI=1S/C28H46O/c1-4-7-9-13-17-25(14-6-3)28(23-24-15-11-10-12-16-24)26-18-20-27(21-19-26)29-22-8-5-2/h15,18-21,25,28H,4-14,16-17,22-23H2,1-3H3. The number of hydrogen-bond acceptors (Lipinski definition) is 1. The van der Waals surface area contributed by atoms with Gasteiger partial charge in [-0.05, 0) is 74.5 Å². The van der Waals surface area contributed by atoms with Crippen LogP contribution in [0.15, 0.2) is 35.9 Å². The largest absolute Gasteiger partial charge is 0.494 e. The molecule has 1 heteroatoms. The molecule has 1 aromatic rings. The lowest BCUT2D eigenvalue weighted by atomic mass is 9.75. The molecule has 0 fully saturated rings. The maximum atomic E-state index is 5.92. The van der Waals surface area contributed by atoms with Gasteiger partial charge in [0, 0.05) is 0 Å². The zero-order valence-corrected chi connectivity index (χ0v) is 19.6. The van der Waals surface area contributed by atoms with Crippen molar-refractivity contribution in [3.05, 3.63) is 41.5 Å². The van der Waals surface area contributed by atoms with Crippen LogP contribution in [-0.4, -0.2) is 6.61 Å². The molecule has 0 saturated carbocycles. The van der Waals surface area contributed by atoms with Gasteiger partial charge in [-0.1, -0.05) is 89.5 Å². The van der Waals surface area contributed by atoms with Crippen LogP contribution in [0.3, 0.4) is 0 Å². The highest BCUT2D eigenvalue weighted by molar-refractivity contribution is 5.31. The molecule has 0 amide bonds. The van der Waals surface area contributed by atoms with Crippen molar-refractivity contribution in [2.45, 2.75) is 117 Å². The van der Waals surface area contributed by atoms with Crippen molar-refractivity contribution in [1.82, 2.24) is 0 Å². The molecule has 2 atom stereocenters. The first-order valence-electron chi connectivity index (χ1n) is 12.7. The Kier molecular flexibility index (Phi) is 12.2. The van der Waals surface area contributed by atoms with Gasteiger partial charge in [0.2, 0.25) is 0 Å². The zero-order chi connectivity index (χ0) is 20.7. The number of allylic oxidation sites excluding steroid dienone is 2. The van der Waals surface area contributed by atoms with Crippen LogP contribution < -0.4 is 4.74 Å². The lowest BCUT2D eigenvalue weighted by Crippen LogP contribution is -2.15. The maximum Gasteiger partial charge on any atom is 0.119 e. The Bertz CT molecular complexity index is 556. The smallest absolute Gasteiger partial charge is 0.119 e. The lowest BCUT2D eigenvalue weighted by molar-refractivity contribution is 0.308. The molecule has 0 spiro atoms. The van der Waals surface area contributed by atoms with Crippen LogP contribution >= 0.6 is 0 Å². The van der Waals surface area contributed by atoms with Gasteiger partial charge in [0.25, 0.3) is 0 Å². The zero-order valence-electron chi connectivity index (χ0n) is 19.6. The van der Waals surface area contributed by atoms with E-state index >= 15 is 0 Å². The Morgan fingerprint density at radius 3 is 2.28 bits per heavy atom. The van der Waals surface area contributed by atoms with E-state index in [1.54, 1.807) is 5.57 Å². The fourth-order valence-corrected chi connectivity index (χ4v) is 4.83. The predicted molar refractivity (Wildman–Crippen MR) is 128 cm³/mol. The number of benzene rings is 1. The van der Waals surface area contributed by atoms with Gasteiger partial charge in [0.1, 0.15) is 5.75 Å². The summed E-state index contributed by atoms with van der Waals surface area (Å²) in [5, 5.41) is 0. The van der Waals surface area contributed by atoms with Crippen molar-refractivity contribution in [3.8, 4) is 5.75 Å². The van der Waals surface area contributed by atoms with Gasteiger partial charge in [0.05, 0.1) is 6.61 Å². The molecule has 0 N–H and O–H groups in total. The summed E-state index contributed by atoms with van der Waals surface area (Å²) < 4.78 is 5.92. The number of rotatable bonds is 15. The third-order valence-corrected chi connectivity index (χ3v) is 6.60. The highest BCUT2D eigenvalue weighted by Gasteiger charge is 2.24. The van der Waals surface area contributed by atoms with Gasteiger partial charge < -0.3 is 4.74 Å². The molecule has 29 heavy (non-hydrogen) atoms. The summed E-state index contributed by atoms with van der Waals surface area (Å²) in [6.45, 7) is 7.72. The summed E-state index contributed by atoms with van der Waals surface area (Å²) in [6, 6.07) is 9.16. The van der Waals surface area contributed by atoms with Crippen molar-refractivity contribution >= 4 is 0 Å². The molecule has 0 radical (unpaired) electrons. The quantitative estimate of drug-likeness (QED) is 0.211. The Morgan fingerprint density at radius 1 is 0.828 bits per heavy atom. The Labute approximate surface area is 181 Å². The van der Waals surface area contributed by atoms with Gasteiger partial charge in [-0.3, -0.25) is 0 Å². The molecule has 2 unspecified atom stereocenters. The minimum Gasteiger partial charge on any atom is -0.494 e. The van der Waals surface area contributed by atoms with Gasteiger partial charge in [-0.2, -0.15) is 0 Å². The van der Waals surface area contributed by atoms with E-state index in [2.05, 4.69) is 51.1 Å². The second-order valence-electron chi connectivity index (χ2n) is 9.09. The van der Waals surface area contributed by atoms with Gasteiger partial charge in [-0.25, -0.2) is 0 Å². The van der Waals surface area contributed by atoms with Crippen molar-refractivity contribution < 1.29 is 4.74 Å². The minimum absolute atomic E-state index is 0.672. The van der Waals surface area contributed by atoms with Crippen molar-refractivity contribution in [2.75, 3.05) is 6.61 Å². The van der Waals surface area contributed by atoms with E-state index in [4.69, 9.17) is 4.74 Å². The summed E-state index contributed by atoms with van der Waals surface area (Å²) in [4.78, 5) is 0. The average Bonchev–Trinajstić information content (AvgIpc) is 2.76. The molecule has 1 aliphatic carbocycles. The summed E-state index contributed by atoms with van der Waals surface area (Å²) >= 11 is 0.